The van der Waals surface area contributed by atoms with Gasteiger partial charge in [-0.2, -0.15) is 20.3 Å². The highest BCUT2D eigenvalue weighted by molar-refractivity contribution is 5.52. The minimum absolute atomic E-state index is 0.0540. The maximum Gasteiger partial charge on any atom is 0.254 e. The molecule has 1 aliphatic carbocycles. The number of nitrogens with zero attached hydrogens (tertiary/aromatic N) is 6. The van der Waals surface area contributed by atoms with Crippen LogP contribution in [0.5, 0.6) is 0 Å². The lowest BCUT2D eigenvalue weighted by Crippen LogP contribution is -2.37. The van der Waals surface area contributed by atoms with Crippen molar-refractivity contribution in [1.82, 2.24) is 19.7 Å². The largest absolute Gasteiger partial charge is 0.378 e. The van der Waals surface area contributed by atoms with Crippen LogP contribution < -0.4 is 10.2 Å². The number of hydrogen-bond donors (Lipinski definition) is 1. The van der Waals surface area contributed by atoms with Crippen molar-refractivity contribution >= 4 is 11.6 Å². The van der Waals surface area contributed by atoms with Gasteiger partial charge in [0.05, 0.1) is 31.4 Å². The molecule has 0 bridgehead atoms. The lowest BCUT2D eigenvalue weighted by atomic mass is 9.92. The van der Waals surface area contributed by atoms with E-state index in [4.69, 9.17) is 10.00 Å². The number of aromatic nitrogens is 4. The molecule has 1 saturated carbocycles. The van der Waals surface area contributed by atoms with Crippen molar-refractivity contribution in [1.29, 1.82) is 5.26 Å². The van der Waals surface area contributed by atoms with Gasteiger partial charge in [0, 0.05) is 44.2 Å². The summed E-state index contributed by atoms with van der Waals surface area (Å²) in [4.78, 5) is 11.3. The second kappa shape index (κ2) is 8.29. The van der Waals surface area contributed by atoms with Crippen LogP contribution in [-0.2, 0) is 11.2 Å². The first-order valence-electron chi connectivity index (χ1n) is 9.80. The average Bonchev–Trinajstić information content (AvgIpc) is 3.19. The van der Waals surface area contributed by atoms with Crippen LogP contribution in [0.25, 0.3) is 5.95 Å². The van der Waals surface area contributed by atoms with E-state index >= 15 is 0 Å². The van der Waals surface area contributed by atoms with Crippen molar-refractivity contribution in [2.75, 3.05) is 36.5 Å². The van der Waals surface area contributed by atoms with E-state index in [1.54, 1.807) is 12.3 Å². The SMILES string of the molecule is N#CCc1ccn(-c2nc(NC3CCC(F)(F)CC3)cc(N3CCOCC3)n2)n1. The Kier molecular flexibility index (Phi) is 5.58. The van der Waals surface area contributed by atoms with Crippen LogP contribution in [0.15, 0.2) is 18.3 Å². The molecule has 1 N–H and O–H groups in total. The van der Waals surface area contributed by atoms with Gasteiger partial charge in [0.1, 0.15) is 11.6 Å². The van der Waals surface area contributed by atoms with E-state index in [1.165, 1.54) is 4.68 Å². The molecule has 1 saturated heterocycles. The molecule has 0 spiro atoms. The minimum atomic E-state index is -2.57. The molecule has 8 nitrogen and oxygen atoms in total. The third kappa shape index (κ3) is 4.79. The molecular formula is C19H23F2N7O. The first kappa shape index (κ1) is 19.5. The van der Waals surface area contributed by atoms with Gasteiger partial charge in [-0.25, -0.2) is 13.5 Å². The molecule has 0 unspecified atom stereocenters. The Hall–Kier alpha value is -2.80. The van der Waals surface area contributed by atoms with Gasteiger partial charge in [-0.15, -0.1) is 0 Å². The molecule has 2 aromatic heterocycles. The van der Waals surface area contributed by atoms with Crippen LogP contribution in [0, 0.1) is 11.3 Å². The molecule has 0 aromatic carbocycles. The topological polar surface area (TPSA) is 91.9 Å². The number of hydrogen-bond acceptors (Lipinski definition) is 7. The summed E-state index contributed by atoms with van der Waals surface area (Å²) in [6.07, 6.45) is 2.49. The van der Waals surface area contributed by atoms with Crippen molar-refractivity contribution in [3.05, 3.63) is 24.0 Å². The predicted octanol–water partition coefficient (Wildman–Crippen LogP) is 2.55. The summed E-state index contributed by atoms with van der Waals surface area (Å²) in [6, 6.07) is 5.62. The van der Waals surface area contributed by atoms with Gasteiger partial charge < -0.3 is 15.0 Å². The van der Waals surface area contributed by atoms with Crippen LogP contribution in [0.1, 0.15) is 31.4 Å². The number of alkyl halides is 2. The molecule has 2 aliphatic rings. The van der Waals surface area contributed by atoms with Crippen molar-refractivity contribution in [3.8, 4) is 12.0 Å². The molecule has 3 heterocycles. The van der Waals surface area contributed by atoms with Crippen LogP contribution in [0.2, 0.25) is 0 Å². The Balaban J connectivity index is 1.60. The molecule has 0 amide bonds. The monoisotopic (exact) mass is 403 g/mol. The number of nitriles is 1. The van der Waals surface area contributed by atoms with Crippen molar-refractivity contribution < 1.29 is 13.5 Å². The molecule has 4 rings (SSSR count). The quantitative estimate of drug-likeness (QED) is 0.820. The smallest absolute Gasteiger partial charge is 0.254 e. The van der Waals surface area contributed by atoms with E-state index in [2.05, 4.69) is 31.4 Å². The molecule has 10 heteroatoms. The van der Waals surface area contributed by atoms with Crippen molar-refractivity contribution in [3.63, 3.8) is 0 Å². The van der Waals surface area contributed by atoms with Crippen molar-refractivity contribution in [2.45, 2.75) is 44.1 Å². The fourth-order valence-electron chi connectivity index (χ4n) is 3.59. The molecule has 2 fully saturated rings. The number of morpholine rings is 1. The first-order chi connectivity index (χ1) is 14.0. The summed E-state index contributed by atoms with van der Waals surface area (Å²) in [5.41, 5.74) is 0.636. The summed E-state index contributed by atoms with van der Waals surface area (Å²) in [7, 11) is 0. The van der Waals surface area contributed by atoms with Crippen LogP contribution in [-0.4, -0.2) is 58.0 Å². The first-order valence-corrected chi connectivity index (χ1v) is 9.80. The van der Waals surface area contributed by atoms with Gasteiger partial charge >= 0.3 is 0 Å². The summed E-state index contributed by atoms with van der Waals surface area (Å²) in [5, 5.41) is 16.5. The number of ether oxygens (including phenoxy) is 1. The van der Waals surface area contributed by atoms with Gasteiger partial charge in [0.15, 0.2) is 0 Å². The summed E-state index contributed by atoms with van der Waals surface area (Å²) >= 11 is 0. The van der Waals surface area contributed by atoms with Gasteiger partial charge in [-0.05, 0) is 18.9 Å². The standard InChI is InChI=1S/C19H23F2N7O/c20-19(21)5-1-14(2-6-19)23-16-13-17(27-9-11-29-12-10-27)25-18(24-16)28-8-4-15(26-28)3-7-22/h4,8,13-14H,1-3,5-6,9-12H2,(H,23,24,25). The fraction of sp³-hybridized carbons (Fsp3) is 0.579. The van der Waals surface area contributed by atoms with E-state index in [0.717, 1.165) is 5.82 Å². The van der Waals surface area contributed by atoms with Gasteiger partial charge in [0.25, 0.3) is 5.95 Å². The Morgan fingerprint density at radius 2 is 2.00 bits per heavy atom. The van der Waals surface area contributed by atoms with E-state index < -0.39 is 5.92 Å². The second-order valence-corrected chi connectivity index (χ2v) is 7.37. The highest BCUT2D eigenvalue weighted by Crippen LogP contribution is 2.34. The van der Waals surface area contributed by atoms with Gasteiger partial charge in [0.2, 0.25) is 5.92 Å². The maximum atomic E-state index is 13.5. The normalized spacial score (nSPS) is 19.7. The predicted molar refractivity (Wildman–Crippen MR) is 102 cm³/mol. The Labute approximate surface area is 167 Å². The Morgan fingerprint density at radius 1 is 1.24 bits per heavy atom. The summed E-state index contributed by atoms with van der Waals surface area (Å²) in [5.74, 6) is -0.870. The third-order valence-electron chi connectivity index (χ3n) is 5.21. The van der Waals surface area contributed by atoms with Crippen LogP contribution in [0.3, 0.4) is 0 Å². The number of halogens is 2. The molecule has 29 heavy (non-hydrogen) atoms. The zero-order valence-corrected chi connectivity index (χ0v) is 16.0. The van der Waals surface area contributed by atoms with E-state index in [9.17, 15) is 8.78 Å². The Morgan fingerprint density at radius 3 is 2.72 bits per heavy atom. The zero-order chi connectivity index (χ0) is 20.3. The molecule has 0 radical (unpaired) electrons. The number of anilines is 2. The molecule has 0 atom stereocenters. The van der Waals surface area contributed by atoms with Crippen molar-refractivity contribution in [2.24, 2.45) is 0 Å². The van der Waals surface area contributed by atoms with Gasteiger partial charge in [-0.1, -0.05) is 0 Å². The Bertz CT molecular complexity index is 879. The van der Waals surface area contributed by atoms with E-state index in [1.807, 2.05) is 6.07 Å². The molecular weight excluding hydrogens is 380 g/mol. The molecule has 154 valence electrons. The van der Waals surface area contributed by atoms with E-state index in [-0.39, 0.29) is 25.3 Å². The minimum Gasteiger partial charge on any atom is -0.378 e. The molecule has 2 aromatic rings. The zero-order valence-electron chi connectivity index (χ0n) is 16.0. The maximum absolute atomic E-state index is 13.5. The van der Waals surface area contributed by atoms with Crippen LogP contribution in [0.4, 0.5) is 20.4 Å². The number of nitrogens with one attached hydrogen (secondary N) is 1. The van der Waals surface area contributed by atoms with E-state index in [0.29, 0.717) is 56.6 Å². The highest BCUT2D eigenvalue weighted by Gasteiger charge is 2.35. The third-order valence-corrected chi connectivity index (χ3v) is 5.21. The lowest BCUT2D eigenvalue weighted by Gasteiger charge is -2.30. The summed E-state index contributed by atoms with van der Waals surface area (Å²) in [6.45, 7) is 2.66. The average molecular weight is 403 g/mol. The second-order valence-electron chi connectivity index (χ2n) is 7.37. The molecule has 1 aliphatic heterocycles. The van der Waals surface area contributed by atoms with Gasteiger partial charge in [-0.3, -0.25) is 0 Å². The fourth-order valence-corrected chi connectivity index (χ4v) is 3.59. The van der Waals surface area contributed by atoms with Crippen LogP contribution >= 0.6 is 0 Å². The summed E-state index contributed by atoms with van der Waals surface area (Å²) < 4.78 is 33.9. The number of rotatable bonds is 5. The highest BCUT2D eigenvalue weighted by atomic mass is 19.3. The lowest BCUT2D eigenvalue weighted by molar-refractivity contribution is -0.0361.